The number of thiazole rings is 1. The Kier molecular flexibility index (Phi) is 4.21. The van der Waals surface area contributed by atoms with Gasteiger partial charge < -0.3 is 15.5 Å². The van der Waals surface area contributed by atoms with Crippen LogP contribution < -0.4 is 10.6 Å². The second kappa shape index (κ2) is 6.38. The molecule has 2 amide bonds. The first-order chi connectivity index (χ1) is 12.0. The van der Waals surface area contributed by atoms with Crippen molar-refractivity contribution in [3.63, 3.8) is 0 Å². The van der Waals surface area contributed by atoms with Crippen LogP contribution in [0.25, 0.3) is 10.2 Å². The first-order valence-corrected chi connectivity index (χ1v) is 9.53. The van der Waals surface area contributed by atoms with E-state index in [1.165, 1.54) is 4.70 Å². The summed E-state index contributed by atoms with van der Waals surface area (Å²) in [5, 5.41) is 7.38. The SMILES string of the molecule is CC(C)[C@@H]1NC(=O)[C@@H]2C[C@H](NCc3nc4ccccc4s3)CN2C1=O. The molecule has 0 radical (unpaired) electrons. The van der Waals surface area contributed by atoms with E-state index in [9.17, 15) is 9.59 Å². The van der Waals surface area contributed by atoms with Gasteiger partial charge in [0.1, 0.15) is 17.1 Å². The van der Waals surface area contributed by atoms with Gasteiger partial charge >= 0.3 is 0 Å². The smallest absolute Gasteiger partial charge is 0.246 e. The number of amides is 2. The largest absolute Gasteiger partial charge is 0.342 e. The Morgan fingerprint density at radius 3 is 2.92 bits per heavy atom. The molecule has 2 N–H and O–H groups in total. The summed E-state index contributed by atoms with van der Waals surface area (Å²) in [5.74, 6) is 0.124. The number of aromatic nitrogens is 1. The minimum atomic E-state index is -0.397. The van der Waals surface area contributed by atoms with Crippen molar-refractivity contribution >= 4 is 33.4 Å². The van der Waals surface area contributed by atoms with Gasteiger partial charge in [0.25, 0.3) is 0 Å². The Labute approximate surface area is 150 Å². The lowest BCUT2D eigenvalue weighted by Crippen LogP contribution is -2.62. The molecule has 2 aliphatic rings. The highest BCUT2D eigenvalue weighted by molar-refractivity contribution is 7.18. The minimum absolute atomic E-state index is 0.0254. The van der Waals surface area contributed by atoms with Crippen molar-refractivity contribution in [2.75, 3.05) is 6.54 Å². The van der Waals surface area contributed by atoms with Crippen LogP contribution in [0, 0.1) is 5.92 Å². The summed E-state index contributed by atoms with van der Waals surface area (Å²) < 4.78 is 1.18. The van der Waals surface area contributed by atoms with Crippen LogP contribution in [-0.2, 0) is 16.1 Å². The minimum Gasteiger partial charge on any atom is -0.342 e. The molecule has 25 heavy (non-hydrogen) atoms. The van der Waals surface area contributed by atoms with Gasteiger partial charge in [0.2, 0.25) is 11.8 Å². The van der Waals surface area contributed by atoms with Gasteiger partial charge in [-0.15, -0.1) is 11.3 Å². The number of hydrogen-bond acceptors (Lipinski definition) is 5. The number of nitrogens with one attached hydrogen (secondary N) is 2. The zero-order valence-electron chi connectivity index (χ0n) is 14.4. The zero-order chi connectivity index (χ0) is 17.6. The fourth-order valence-electron chi connectivity index (χ4n) is 3.64. The van der Waals surface area contributed by atoms with E-state index in [4.69, 9.17) is 0 Å². The van der Waals surface area contributed by atoms with Crippen molar-refractivity contribution in [3.8, 4) is 0 Å². The number of fused-ring (bicyclic) bond motifs is 2. The summed E-state index contributed by atoms with van der Waals surface area (Å²) in [5.41, 5.74) is 1.02. The molecule has 2 saturated heterocycles. The van der Waals surface area contributed by atoms with Gasteiger partial charge in [-0.1, -0.05) is 26.0 Å². The fraction of sp³-hybridized carbons (Fsp3) is 0.500. The molecule has 4 rings (SSSR count). The lowest BCUT2D eigenvalue weighted by atomic mass is 9.98. The number of hydrogen-bond donors (Lipinski definition) is 2. The molecule has 3 heterocycles. The topological polar surface area (TPSA) is 74.3 Å². The highest BCUT2D eigenvalue weighted by atomic mass is 32.1. The summed E-state index contributed by atoms with van der Waals surface area (Å²) >= 11 is 1.68. The number of piperazine rings is 1. The molecule has 3 atom stereocenters. The third-order valence-electron chi connectivity index (χ3n) is 5.00. The Morgan fingerprint density at radius 1 is 1.36 bits per heavy atom. The number of carbonyl (C=O) groups excluding carboxylic acids is 2. The Morgan fingerprint density at radius 2 is 2.16 bits per heavy atom. The van der Waals surface area contributed by atoms with Crippen molar-refractivity contribution in [1.29, 1.82) is 0 Å². The maximum Gasteiger partial charge on any atom is 0.246 e. The first kappa shape index (κ1) is 16.5. The van der Waals surface area contributed by atoms with E-state index in [1.807, 2.05) is 32.0 Å². The molecule has 7 heteroatoms. The molecule has 2 aliphatic heterocycles. The van der Waals surface area contributed by atoms with Gasteiger partial charge in [-0.2, -0.15) is 0 Å². The van der Waals surface area contributed by atoms with Crippen molar-refractivity contribution in [1.82, 2.24) is 20.5 Å². The zero-order valence-corrected chi connectivity index (χ0v) is 15.2. The predicted octanol–water partition coefficient (Wildman–Crippen LogP) is 1.51. The summed E-state index contributed by atoms with van der Waals surface area (Å²) in [6.07, 6.45) is 0.660. The summed E-state index contributed by atoms with van der Waals surface area (Å²) in [6, 6.07) is 7.48. The van der Waals surface area contributed by atoms with Crippen molar-refractivity contribution in [2.45, 2.75) is 44.9 Å². The van der Waals surface area contributed by atoms with E-state index in [0.717, 1.165) is 10.5 Å². The molecular weight excluding hydrogens is 336 g/mol. The molecule has 2 fully saturated rings. The predicted molar refractivity (Wildman–Crippen MR) is 97.1 cm³/mol. The normalized spacial score (nSPS) is 26.4. The quantitative estimate of drug-likeness (QED) is 0.869. The van der Waals surface area contributed by atoms with Gasteiger partial charge in [-0.3, -0.25) is 9.59 Å². The van der Waals surface area contributed by atoms with Crippen LogP contribution in [0.4, 0.5) is 0 Å². The molecule has 0 aliphatic carbocycles. The van der Waals surface area contributed by atoms with E-state index in [-0.39, 0.29) is 29.8 Å². The highest BCUT2D eigenvalue weighted by Crippen LogP contribution is 2.26. The van der Waals surface area contributed by atoms with Crippen molar-refractivity contribution < 1.29 is 9.59 Å². The van der Waals surface area contributed by atoms with Gasteiger partial charge in [0.05, 0.1) is 10.2 Å². The van der Waals surface area contributed by atoms with Crippen molar-refractivity contribution in [2.24, 2.45) is 5.92 Å². The number of rotatable bonds is 4. The molecular formula is C18H22N4O2S. The van der Waals surface area contributed by atoms with E-state index < -0.39 is 6.04 Å². The molecule has 0 unspecified atom stereocenters. The Balaban J connectivity index is 1.42. The second-order valence-corrected chi connectivity index (χ2v) is 8.24. The standard InChI is InChI=1S/C18H22N4O2S/c1-10(2)16-18(24)22-9-11(7-13(22)17(23)21-16)19-8-15-20-12-5-3-4-6-14(12)25-15/h3-6,10-11,13,16,19H,7-9H2,1-2H3,(H,21,23)/t11-,13-,16-/m0/s1. The highest BCUT2D eigenvalue weighted by Gasteiger charge is 2.46. The molecule has 132 valence electrons. The second-order valence-electron chi connectivity index (χ2n) is 7.13. The monoisotopic (exact) mass is 358 g/mol. The molecule has 1 aromatic heterocycles. The van der Waals surface area contributed by atoms with E-state index in [2.05, 4.69) is 21.7 Å². The van der Waals surface area contributed by atoms with Crippen LogP contribution in [0.3, 0.4) is 0 Å². The molecule has 0 bridgehead atoms. The third-order valence-corrected chi connectivity index (χ3v) is 6.03. The summed E-state index contributed by atoms with van der Waals surface area (Å²) in [6.45, 7) is 5.17. The molecule has 6 nitrogen and oxygen atoms in total. The Hall–Kier alpha value is -1.99. The number of nitrogens with zero attached hydrogens (tertiary/aromatic N) is 2. The molecule has 0 spiro atoms. The van der Waals surface area contributed by atoms with Crippen LogP contribution in [0.2, 0.25) is 0 Å². The van der Waals surface area contributed by atoms with Crippen LogP contribution in [0.5, 0.6) is 0 Å². The lowest BCUT2D eigenvalue weighted by molar-refractivity contribution is -0.148. The van der Waals surface area contributed by atoms with Gasteiger partial charge in [-0.05, 0) is 24.5 Å². The van der Waals surface area contributed by atoms with Crippen LogP contribution >= 0.6 is 11.3 Å². The molecule has 0 saturated carbocycles. The van der Waals surface area contributed by atoms with E-state index in [0.29, 0.717) is 19.5 Å². The average molecular weight is 358 g/mol. The maximum atomic E-state index is 12.6. The molecule has 2 aromatic rings. The third kappa shape index (κ3) is 3.02. The average Bonchev–Trinajstić information content (AvgIpc) is 3.19. The molecule has 1 aromatic carbocycles. The lowest BCUT2D eigenvalue weighted by Gasteiger charge is -2.36. The van der Waals surface area contributed by atoms with Gasteiger partial charge in [-0.25, -0.2) is 4.98 Å². The van der Waals surface area contributed by atoms with Crippen molar-refractivity contribution in [3.05, 3.63) is 29.3 Å². The number of para-hydroxylation sites is 1. The Bertz CT molecular complexity index is 785. The fourth-order valence-corrected chi connectivity index (χ4v) is 4.56. The number of benzene rings is 1. The van der Waals surface area contributed by atoms with Crippen LogP contribution in [0.15, 0.2) is 24.3 Å². The van der Waals surface area contributed by atoms with Crippen LogP contribution in [-0.4, -0.2) is 46.4 Å². The maximum absolute atomic E-state index is 12.6. The summed E-state index contributed by atoms with van der Waals surface area (Å²) in [7, 11) is 0. The first-order valence-electron chi connectivity index (χ1n) is 8.71. The van der Waals surface area contributed by atoms with E-state index in [1.54, 1.807) is 16.2 Å². The van der Waals surface area contributed by atoms with Crippen LogP contribution in [0.1, 0.15) is 25.3 Å². The van der Waals surface area contributed by atoms with Gasteiger partial charge in [0, 0.05) is 19.1 Å². The van der Waals surface area contributed by atoms with Gasteiger partial charge in [0.15, 0.2) is 0 Å². The number of carbonyl (C=O) groups is 2. The summed E-state index contributed by atoms with van der Waals surface area (Å²) in [4.78, 5) is 31.3. The van der Waals surface area contributed by atoms with E-state index >= 15 is 0 Å².